The predicted octanol–water partition coefficient (Wildman–Crippen LogP) is 3.27. The number of hydrogen-bond donors (Lipinski definition) is 1. The highest BCUT2D eigenvalue weighted by Gasteiger charge is 2.05. The van der Waals surface area contributed by atoms with Gasteiger partial charge >= 0.3 is 0 Å². The largest absolute Gasteiger partial charge is 0.481 e. The first-order chi connectivity index (χ1) is 10.2. The molecule has 0 aliphatic heterocycles. The average Bonchev–Trinajstić information content (AvgIpc) is 2.50. The monoisotopic (exact) mass is 287 g/mol. The van der Waals surface area contributed by atoms with E-state index >= 15 is 0 Å². The molecule has 0 saturated heterocycles. The molecule has 2 rings (SSSR count). The molecule has 2 aromatic rings. The molecule has 0 radical (unpaired) electrons. The van der Waals surface area contributed by atoms with Gasteiger partial charge in [-0.2, -0.15) is 0 Å². The van der Waals surface area contributed by atoms with E-state index in [9.17, 15) is 8.78 Å². The van der Waals surface area contributed by atoms with Crippen LogP contribution in [0.25, 0.3) is 0 Å². The van der Waals surface area contributed by atoms with E-state index in [2.05, 4.69) is 11.2 Å². The van der Waals surface area contributed by atoms with Crippen molar-refractivity contribution < 1.29 is 13.5 Å². The lowest BCUT2D eigenvalue weighted by atomic mass is 10.1. The van der Waals surface area contributed by atoms with Gasteiger partial charge in [0.2, 0.25) is 0 Å². The quantitative estimate of drug-likeness (QED) is 0.823. The van der Waals surface area contributed by atoms with E-state index < -0.39 is 11.6 Å². The number of hydrogen-bond acceptors (Lipinski definition) is 2. The fraction of sp³-hybridized carbons (Fsp3) is 0.176. The van der Waals surface area contributed by atoms with Crippen LogP contribution in [0.15, 0.2) is 42.5 Å². The van der Waals surface area contributed by atoms with Crippen molar-refractivity contribution in [3.63, 3.8) is 0 Å². The molecule has 2 nitrogen and oxygen atoms in total. The Labute approximate surface area is 122 Å². The van der Waals surface area contributed by atoms with Crippen molar-refractivity contribution in [3.05, 3.63) is 65.2 Å². The molecule has 2 aromatic carbocycles. The topological polar surface area (TPSA) is 21.3 Å². The van der Waals surface area contributed by atoms with Crippen LogP contribution in [0.5, 0.6) is 5.75 Å². The smallest absolute Gasteiger partial charge is 0.148 e. The number of benzene rings is 2. The highest BCUT2D eigenvalue weighted by Crippen LogP contribution is 2.18. The SMILES string of the molecule is C#CCOc1ccccc1CNCc1cc(F)ccc1F. The van der Waals surface area contributed by atoms with Crippen molar-refractivity contribution in [3.8, 4) is 18.1 Å². The van der Waals surface area contributed by atoms with Gasteiger partial charge in [0.15, 0.2) is 0 Å². The number of rotatable bonds is 6. The third-order valence-electron chi connectivity index (χ3n) is 2.92. The Hall–Kier alpha value is -2.38. The van der Waals surface area contributed by atoms with Crippen LogP contribution in [0.3, 0.4) is 0 Å². The first-order valence-electron chi connectivity index (χ1n) is 6.49. The normalized spacial score (nSPS) is 10.1. The summed E-state index contributed by atoms with van der Waals surface area (Å²) in [4.78, 5) is 0. The summed E-state index contributed by atoms with van der Waals surface area (Å²) in [5.74, 6) is 2.21. The van der Waals surface area contributed by atoms with E-state index in [-0.39, 0.29) is 18.7 Å². The summed E-state index contributed by atoms with van der Waals surface area (Å²) >= 11 is 0. The Morgan fingerprint density at radius 2 is 1.81 bits per heavy atom. The maximum atomic E-state index is 13.5. The number of para-hydroxylation sites is 1. The fourth-order valence-corrected chi connectivity index (χ4v) is 1.92. The second kappa shape index (κ2) is 7.41. The maximum Gasteiger partial charge on any atom is 0.148 e. The minimum absolute atomic E-state index is 0.190. The predicted molar refractivity (Wildman–Crippen MR) is 77.7 cm³/mol. The van der Waals surface area contributed by atoms with E-state index in [1.807, 2.05) is 24.3 Å². The number of halogens is 2. The van der Waals surface area contributed by atoms with Crippen LogP contribution in [-0.4, -0.2) is 6.61 Å². The molecule has 0 heterocycles. The highest BCUT2D eigenvalue weighted by molar-refractivity contribution is 5.33. The van der Waals surface area contributed by atoms with Gasteiger partial charge in [-0.3, -0.25) is 0 Å². The summed E-state index contributed by atoms with van der Waals surface area (Å²) < 4.78 is 32.0. The van der Waals surface area contributed by atoms with Crippen LogP contribution in [0.2, 0.25) is 0 Å². The lowest BCUT2D eigenvalue weighted by Gasteiger charge is -2.11. The lowest BCUT2D eigenvalue weighted by Crippen LogP contribution is -2.15. The molecule has 1 N–H and O–H groups in total. The molecule has 0 bridgehead atoms. The molecule has 0 aliphatic rings. The third kappa shape index (κ3) is 4.30. The molecule has 4 heteroatoms. The third-order valence-corrected chi connectivity index (χ3v) is 2.92. The van der Waals surface area contributed by atoms with Crippen LogP contribution in [0, 0.1) is 24.0 Å². The first-order valence-corrected chi connectivity index (χ1v) is 6.49. The fourth-order valence-electron chi connectivity index (χ4n) is 1.92. The second-order valence-corrected chi connectivity index (χ2v) is 4.44. The minimum Gasteiger partial charge on any atom is -0.481 e. The van der Waals surface area contributed by atoms with Crippen molar-refractivity contribution >= 4 is 0 Å². The molecule has 0 atom stereocenters. The molecular weight excluding hydrogens is 272 g/mol. The molecule has 21 heavy (non-hydrogen) atoms. The van der Waals surface area contributed by atoms with Crippen LogP contribution < -0.4 is 10.1 Å². The molecular formula is C17H15F2NO. The Morgan fingerprint density at radius 1 is 1.05 bits per heavy atom. The summed E-state index contributed by atoms with van der Waals surface area (Å²) in [5.41, 5.74) is 1.20. The van der Waals surface area contributed by atoms with E-state index in [4.69, 9.17) is 11.2 Å². The van der Waals surface area contributed by atoms with Crippen LogP contribution in [0.1, 0.15) is 11.1 Å². The van der Waals surface area contributed by atoms with Gasteiger partial charge in [0.05, 0.1) is 0 Å². The van der Waals surface area contributed by atoms with Crippen molar-refractivity contribution in [2.75, 3.05) is 6.61 Å². The zero-order chi connectivity index (χ0) is 15.1. The highest BCUT2D eigenvalue weighted by atomic mass is 19.1. The zero-order valence-corrected chi connectivity index (χ0v) is 11.4. The zero-order valence-electron chi connectivity index (χ0n) is 11.4. The van der Waals surface area contributed by atoms with E-state index in [1.165, 1.54) is 6.07 Å². The van der Waals surface area contributed by atoms with E-state index in [0.717, 1.165) is 17.7 Å². The molecule has 0 unspecified atom stereocenters. The van der Waals surface area contributed by atoms with Gasteiger partial charge in [-0.25, -0.2) is 8.78 Å². The molecule has 0 aromatic heterocycles. The van der Waals surface area contributed by atoms with Gasteiger partial charge in [0.1, 0.15) is 24.0 Å². The number of nitrogens with one attached hydrogen (secondary N) is 1. The van der Waals surface area contributed by atoms with Gasteiger partial charge in [-0.15, -0.1) is 6.42 Å². The standard InChI is InChI=1S/C17H15F2NO/c1-2-9-21-17-6-4-3-5-13(17)11-20-12-14-10-15(18)7-8-16(14)19/h1,3-8,10,20H,9,11-12H2. The van der Waals surface area contributed by atoms with Crippen LogP contribution in [0.4, 0.5) is 8.78 Å². The summed E-state index contributed by atoms with van der Waals surface area (Å²) in [5, 5.41) is 3.06. The Balaban J connectivity index is 1.97. The summed E-state index contributed by atoms with van der Waals surface area (Å²) in [7, 11) is 0. The minimum atomic E-state index is -0.453. The van der Waals surface area contributed by atoms with Gasteiger partial charge in [0.25, 0.3) is 0 Å². The van der Waals surface area contributed by atoms with Gasteiger partial charge in [-0.1, -0.05) is 24.1 Å². The lowest BCUT2D eigenvalue weighted by molar-refractivity contribution is 0.364. The van der Waals surface area contributed by atoms with E-state index in [0.29, 0.717) is 12.3 Å². The Bertz CT molecular complexity index is 649. The molecule has 0 saturated carbocycles. The van der Waals surface area contributed by atoms with Gasteiger partial charge in [0, 0.05) is 24.2 Å². The first kappa shape index (κ1) is 15.0. The number of terminal acetylenes is 1. The van der Waals surface area contributed by atoms with Crippen molar-refractivity contribution in [2.45, 2.75) is 13.1 Å². The second-order valence-electron chi connectivity index (χ2n) is 4.44. The summed E-state index contributed by atoms with van der Waals surface area (Å²) in [6.45, 7) is 0.888. The van der Waals surface area contributed by atoms with Crippen molar-refractivity contribution in [1.82, 2.24) is 5.32 Å². The Morgan fingerprint density at radius 3 is 2.62 bits per heavy atom. The summed E-state index contributed by atoms with van der Waals surface area (Å²) in [6, 6.07) is 10.8. The molecule has 0 aliphatic carbocycles. The van der Waals surface area contributed by atoms with Crippen LogP contribution >= 0.6 is 0 Å². The maximum absolute atomic E-state index is 13.5. The van der Waals surface area contributed by atoms with Crippen LogP contribution in [-0.2, 0) is 13.1 Å². The summed E-state index contributed by atoms with van der Waals surface area (Å²) in [6.07, 6.45) is 5.17. The van der Waals surface area contributed by atoms with Crippen molar-refractivity contribution in [2.24, 2.45) is 0 Å². The average molecular weight is 287 g/mol. The van der Waals surface area contributed by atoms with Gasteiger partial charge < -0.3 is 10.1 Å². The number of ether oxygens (including phenoxy) is 1. The van der Waals surface area contributed by atoms with Crippen molar-refractivity contribution in [1.29, 1.82) is 0 Å². The molecule has 0 fully saturated rings. The molecule has 0 spiro atoms. The van der Waals surface area contributed by atoms with Gasteiger partial charge in [-0.05, 0) is 24.3 Å². The van der Waals surface area contributed by atoms with E-state index in [1.54, 1.807) is 0 Å². The Kier molecular flexibility index (Phi) is 5.30. The molecule has 0 amide bonds. The molecule has 108 valence electrons.